The predicted octanol–water partition coefficient (Wildman–Crippen LogP) is 4.35. The third-order valence-corrected chi connectivity index (χ3v) is 3.54. The van der Waals surface area contributed by atoms with Crippen molar-refractivity contribution in [2.75, 3.05) is 0 Å². The van der Waals surface area contributed by atoms with Gasteiger partial charge in [0.2, 0.25) is 0 Å². The number of aromatic nitrogens is 2. The standard InChI is InChI=1S/C8H2BrCl3N2/c9-3-1-2-4-6(5(3)10)14-8(12)7(11)13-4/h1-2H. The van der Waals surface area contributed by atoms with E-state index < -0.39 is 0 Å². The van der Waals surface area contributed by atoms with E-state index in [1.54, 1.807) is 12.1 Å². The van der Waals surface area contributed by atoms with Gasteiger partial charge >= 0.3 is 0 Å². The third kappa shape index (κ3) is 1.70. The lowest BCUT2D eigenvalue weighted by Crippen LogP contribution is -1.88. The molecule has 6 heteroatoms. The van der Waals surface area contributed by atoms with Crippen LogP contribution in [0.1, 0.15) is 0 Å². The highest BCUT2D eigenvalue weighted by Crippen LogP contribution is 2.31. The molecule has 0 fully saturated rings. The Bertz CT molecular complexity index is 515. The Morgan fingerprint density at radius 3 is 2.36 bits per heavy atom. The van der Waals surface area contributed by atoms with Crippen molar-refractivity contribution in [3.63, 3.8) is 0 Å². The number of hydrogen-bond donors (Lipinski definition) is 0. The maximum absolute atomic E-state index is 6.00. The van der Waals surface area contributed by atoms with Crippen LogP contribution in [0.15, 0.2) is 16.6 Å². The smallest absolute Gasteiger partial charge is 0.167 e. The molecule has 0 aliphatic rings. The van der Waals surface area contributed by atoms with Gasteiger partial charge in [0.1, 0.15) is 5.52 Å². The minimum atomic E-state index is 0.152. The molecule has 0 spiro atoms. The second-order valence-corrected chi connectivity index (χ2v) is 4.48. The molecule has 0 atom stereocenters. The van der Waals surface area contributed by atoms with Gasteiger partial charge in [0.05, 0.1) is 10.5 Å². The van der Waals surface area contributed by atoms with Gasteiger partial charge in [-0.1, -0.05) is 34.8 Å². The first-order valence-electron chi connectivity index (χ1n) is 3.56. The second-order valence-electron chi connectivity index (χ2n) is 2.53. The van der Waals surface area contributed by atoms with E-state index in [1.165, 1.54) is 0 Å². The van der Waals surface area contributed by atoms with Crippen molar-refractivity contribution in [2.45, 2.75) is 0 Å². The molecule has 0 unspecified atom stereocenters. The van der Waals surface area contributed by atoms with Gasteiger partial charge in [-0.05, 0) is 28.1 Å². The van der Waals surface area contributed by atoms with Gasteiger partial charge in [-0.2, -0.15) is 0 Å². The minimum Gasteiger partial charge on any atom is -0.231 e. The van der Waals surface area contributed by atoms with Gasteiger partial charge in [-0.25, -0.2) is 9.97 Å². The van der Waals surface area contributed by atoms with E-state index in [0.29, 0.717) is 16.1 Å². The molecule has 0 aliphatic carbocycles. The zero-order valence-corrected chi connectivity index (χ0v) is 10.4. The lowest BCUT2D eigenvalue weighted by atomic mass is 10.3. The van der Waals surface area contributed by atoms with E-state index in [9.17, 15) is 0 Å². The minimum absolute atomic E-state index is 0.152. The monoisotopic (exact) mass is 310 g/mol. The average Bonchev–Trinajstić information content (AvgIpc) is 2.15. The van der Waals surface area contributed by atoms with Crippen LogP contribution >= 0.6 is 50.7 Å². The second kappa shape index (κ2) is 3.81. The Balaban J connectivity index is 2.89. The molecule has 72 valence electrons. The van der Waals surface area contributed by atoms with Crippen molar-refractivity contribution in [2.24, 2.45) is 0 Å². The summed E-state index contributed by atoms with van der Waals surface area (Å²) in [4.78, 5) is 8.09. The fourth-order valence-electron chi connectivity index (χ4n) is 1.02. The highest BCUT2D eigenvalue weighted by molar-refractivity contribution is 9.10. The first-order chi connectivity index (χ1) is 6.59. The summed E-state index contributed by atoms with van der Waals surface area (Å²) in [7, 11) is 0. The van der Waals surface area contributed by atoms with Crippen molar-refractivity contribution in [3.05, 3.63) is 31.9 Å². The molecule has 0 N–H and O–H groups in total. The van der Waals surface area contributed by atoms with Crippen LogP contribution in [0.25, 0.3) is 11.0 Å². The first kappa shape index (κ1) is 10.4. The number of hydrogen-bond acceptors (Lipinski definition) is 2. The van der Waals surface area contributed by atoms with Crippen LogP contribution in [-0.4, -0.2) is 9.97 Å². The first-order valence-corrected chi connectivity index (χ1v) is 5.49. The maximum atomic E-state index is 6.00. The number of fused-ring (bicyclic) bond motifs is 1. The van der Waals surface area contributed by atoms with Gasteiger partial charge in [0, 0.05) is 4.47 Å². The summed E-state index contributed by atoms with van der Waals surface area (Å²) in [6.45, 7) is 0. The maximum Gasteiger partial charge on any atom is 0.167 e. The van der Waals surface area contributed by atoms with Crippen LogP contribution in [0.3, 0.4) is 0 Å². The Hall–Kier alpha value is -0.0900. The molecule has 2 nitrogen and oxygen atoms in total. The molecule has 2 rings (SSSR count). The third-order valence-electron chi connectivity index (χ3n) is 1.65. The lowest BCUT2D eigenvalue weighted by molar-refractivity contribution is 1.29. The van der Waals surface area contributed by atoms with E-state index >= 15 is 0 Å². The molecule has 1 heterocycles. The van der Waals surface area contributed by atoms with E-state index in [1.807, 2.05) is 0 Å². The van der Waals surface area contributed by atoms with Crippen LogP contribution in [0.2, 0.25) is 15.3 Å². The predicted molar refractivity (Wildman–Crippen MR) is 62.3 cm³/mol. The Morgan fingerprint density at radius 2 is 1.64 bits per heavy atom. The topological polar surface area (TPSA) is 25.8 Å². The summed E-state index contributed by atoms with van der Waals surface area (Å²) in [5.41, 5.74) is 1.16. The molecule has 0 aliphatic heterocycles. The van der Waals surface area contributed by atoms with Gasteiger partial charge < -0.3 is 0 Å². The Morgan fingerprint density at radius 1 is 1.00 bits per heavy atom. The van der Waals surface area contributed by atoms with Crippen LogP contribution in [0, 0.1) is 0 Å². The van der Waals surface area contributed by atoms with Crippen molar-refractivity contribution in [1.82, 2.24) is 9.97 Å². The van der Waals surface area contributed by atoms with Crippen molar-refractivity contribution in [1.29, 1.82) is 0 Å². The summed E-state index contributed by atoms with van der Waals surface area (Å²) in [6.07, 6.45) is 0. The zero-order chi connectivity index (χ0) is 10.3. The SMILES string of the molecule is Clc1nc2ccc(Br)c(Cl)c2nc1Cl. The van der Waals surface area contributed by atoms with Gasteiger partial charge in [-0.3, -0.25) is 0 Å². The molecule has 1 aromatic heterocycles. The van der Waals surface area contributed by atoms with Gasteiger partial charge in [0.25, 0.3) is 0 Å². The van der Waals surface area contributed by atoms with E-state index in [2.05, 4.69) is 25.9 Å². The van der Waals surface area contributed by atoms with Crippen LogP contribution < -0.4 is 0 Å². The average molecular weight is 312 g/mol. The Kier molecular flexibility index (Phi) is 2.84. The van der Waals surface area contributed by atoms with E-state index in [4.69, 9.17) is 34.8 Å². The fraction of sp³-hybridized carbons (Fsp3) is 0. The van der Waals surface area contributed by atoms with E-state index in [-0.39, 0.29) is 10.3 Å². The van der Waals surface area contributed by atoms with Crippen LogP contribution in [0.5, 0.6) is 0 Å². The summed E-state index contributed by atoms with van der Waals surface area (Å²) >= 11 is 20.7. The molecule has 0 saturated carbocycles. The lowest BCUT2D eigenvalue weighted by Gasteiger charge is -2.02. The van der Waals surface area contributed by atoms with Crippen molar-refractivity contribution < 1.29 is 0 Å². The molecular weight excluding hydrogens is 310 g/mol. The summed E-state index contributed by atoms with van der Waals surface area (Å²) in [5.74, 6) is 0. The number of benzene rings is 1. The summed E-state index contributed by atoms with van der Waals surface area (Å²) in [5, 5.41) is 0.810. The molecular formula is C8H2BrCl3N2. The molecule has 0 amide bonds. The largest absolute Gasteiger partial charge is 0.231 e. The molecule has 1 aromatic carbocycles. The highest BCUT2D eigenvalue weighted by Gasteiger charge is 2.09. The Labute approximate surface area is 103 Å². The van der Waals surface area contributed by atoms with E-state index in [0.717, 1.165) is 4.47 Å². The molecule has 14 heavy (non-hydrogen) atoms. The van der Waals surface area contributed by atoms with Gasteiger partial charge in [0.15, 0.2) is 10.3 Å². The molecule has 2 aromatic rings. The number of halogens is 4. The van der Waals surface area contributed by atoms with Crippen LogP contribution in [0.4, 0.5) is 0 Å². The van der Waals surface area contributed by atoms with Crippen LogP contribution in [-0.2, 0) is 0 Å². The number of nitrogens with zero attached hydrogens (tertiary/aromatic N) is 2. The fourth-order valence-corrected chi connectivity index (χ4v) is 1.80. The van der Waals surface area contributed by atoms with Crippen molar-refractivity contribution >= 4 is 61.8 Å². The molecule has 0 radical (unpaired) electrons. The molecule has 0 bridgehead atoms. The van der Waals surface area contributed by atoms with Crippen molar-refractivity contribution in [3.8, 4) is 0 Å². The molecule has 0 saturated heterocycles. The quantitative estimate of drug-likeness (QED) is 0.722. The normalized spacial score (nSPS) is 10.9. The zero-order valence-electron chi connectivity index (χ0n) is 6.56. The summed E-state index contributed by atoms with van der Waals surface area (Å²) in [6, 6.07) is 3.55. The highest BCUT2D eigenvalue weighted by atomic mass is 79.9. The number of rotatable bonds is 0. The van der Waals surface area contributed by atoms with Gasteiger partial charge in [-0.15, -0.1) is 0 Å². The summed E-state index contributed by atoms with van der Waals surface area (Å²) < 4.78 is 0.749.